The molecule has 1 unspecified atom stereocenters. The summed E-state index contributed by atoms with van der Waals surface area (Å²) >= 11 is 6.10. The van der Waals surface area contributed by atoms with Crippen LogP contribution in [0.15, 0.2) is 15.5 Å². The molecule has 8 heteroatoms. The maximum absolute atomic E-state index is 11.8. The van der Waals surface area contributed by atoms with E-state index in [1.807, 2.05) is 0 Å². The van der Waals surface area contributed by atoms with E-state index in [0.717, 1.165) is 10.8 Å². The third-order valence-electron chi connectivity index (χ3n) is 2.22. The van der Waals surface area contributed by atoms with Crippen molar-refractivity contribution in [1.29, 1.82) is 0 Å². The predicted octanol–water partition coefficient (Wildman–Crippen LogP) is 1.58. The zero-order valence-corrected chi connectivity index (χ0v) is 12.1. The first-order chi connectivity index (χ1) is 7.88. The molecule has 1 aromatic heterocycles. The first-order valence-corrected chi connectivity index (χ1v) is 6.57. The molecular weight excluding hydrogens is 360 g/mol. The summed E-state index contributed by atoms with van der Waals surface area (Å²) in [6, 6.07) is 0. The Kier molecular flexibility index (Phi) is 4.84. The summed E-state index contributed by atoms with van der Waals surface area (Å²) in [4.78, 5) is 22.0. The molecule has 17 heavy (non-hydrogen) atoms. The Morgan fingerprint density at radius 1 is 1.65 bits per heavy atom. The lowest BCUT2D eigenvalue weighted by Crippen LogP contribution is -2.28. The lowest BCUT2D eigenvalue weighted by atomic mass is 10.2. The maximum Gasteiger partial charge on any atom is 0.289 e. The van der Waals surface area contributed by atoms with Crippen LogP contribution >= 0.6 is 31.9 Å². The summed E-state index contributed by atoms with van der Waals surface area (Å²) < 4.78 is 1.27. The van der Waals surface area contributed by atoms with E-state index in [2.05, 4.69) is 31.9 Å². The monoisotopic (exact) mass is 368 g/mol. The van der Waals surface area contributed by atoms with Gasteiger partial charge in [-0.3, -0.25) is 14.9 Å². The van der Waals surface area contributed by atoms with Crippen LogP contribution in [0.3, 0.4) is 0 Å². The molecule has 0 bridgehead atoms. The van der Waals surface area contributed by atoms with E-state index in [4.69, 9.17) is 0 Å². The standard InChI is InChI=1S/C9H10Br2N2O4/c1-5-7(13(16)17)4-12(3-6(14)2-10)9(15)8(5)11/h4,6,14H,2-3H2,1H3. The van der Waals surface area contributed by atoms with Gasteiger partial charge in [-0.05, 0) is 22.9 Å². The van der Waals surface area contributed by atoms with E-state index in [1.54, 1.807) is 0 Å². The molecule has 0 saturated carbocycles. The van der Waals surface area contributed by atoms with Crippen molar-refractivity contribution in [3.05, 3.63) is 36.7 Å². The minimum absolute atomic E-state index is 0.00377. The van der Waals surface area contributed by atoms with E-state index >= 15 is 0 Å². The molecule has 1 heterocycles. The van der Waals surface area contributed by atoms with E-state index in [0.29, 0.717) is 5.33 Å². The molecule has 1 aromatic rings. The Morgan fingerprint density at radius 3 is 2.71 bits per heavy atom. The van der Waals surface area contributed by atoms with Crippen LogP contribution in [0.4, 0.5) is 5.69 Å². The molecule has 1 rings (SSSR count). The molecule has 0 fully saturated rings. The molecule has 0 aliphatic heterocycles. The molecule has 1 atom stereocenters. The molecule has 0 spiro atoms. The fraction of sp³-hybridized carbons (Fsp3) is 0.444. The lowest BCUT2D eigenvalue weighted by Gasteiger charge is -2.11. The lowest BCUT2D eigenvalue weighted by molar-refractivity contribution is -0.386. The van der Waals surface area contributed by atoms with E-state index < -0.39 is 16.6 Å². The largest absolute Gasteiger partial charge is 0.390 e. The number of aromatic nitrogens is 1. The first-order valence-electron chi connectivity index (χ1n) is 4.66. The highest BCUT2D eigenvalue weighted by molar-refractivity contribution is 9.10. The van der Waals surface area contributed by atoms with Crippen molar-refractivity contribution in [2.45, 2.75) is 19.6 Å². The summed E-state index contributed by atoms with van der Waals surface area (Å²) in [7, 11) is 0. The van der Waals surface area contributed by atoms with Gasteiger partial charge in [-0.2, -0.15) is 0 Å². The second kappa shape index (κ2) is 5.74. The van der Waals surface area contributed by atoms with Crippen molar-refractivity contribution >= 4 is 37.5 Å². The third kappa shape index (κ3) is 3.14. The molecular formula is C9H10Br2N2O4. The topological polar surface area (TPSA) is 85.4 Å². The van der Waals surface area contributed by atoms with Crippen LogP contribution in [0.2, 0.25) is 0 Å². The van der Waals surface area contributed by atoms with Gasteiger partial charge < -0.3 is 9.67 Å². The number of hydrogen-bond acceptors (Lipinski definition) is 4. The minimum Gasteiger partial charge on any atom is -0.390 e. The van der Waals surface area contributed by atoms with Crippen molar-refractivity contribution in [3.63, 3.8) is 0 Å². The zero-order valence-electron chi connectivity index (χ0n) is 8.89. The molecule has 0 aliphatic carbocycles. The van der Waals surface area contributed by atoms with Crippen LogP contribution in [0, 0.1) is 17.0 Å². The molecule has 1 N–H and O–H groups in total. The molecule has 0 radical (unpaired) electrons. The maximum atomic E-state index is 11.8. The minimum atomic E-state index is -0.776. The average Bonchev–Trinajstić information content (AvgIpc) is 2.29. The summed E-state index contributed by atoms with van der Waals surface area (Å²) in [6.45, 7) is 1.50. The van der Waals surface area contributed by atoms with Crippen LogP contribution in [0.5, 0.6) is 0 Å². The number of nitrogens with zero attached hydrogens (tertiary/aromatic N) is 2. The van der Waals surface area contributed by atoms with Gasteiger partial charge in [-0.1, -0.05) is 15.9 Å². The van der Waals surface area contributed by atoms with E-state index in [9.17, 15) is 20.0 Å². The van der Waals surface area contributed by atoms with Crippen LogP contribution in [0.1, 0.15) is 5.56 Å². The van der Waals surface area contributed by atoms with Crippen molar-refractivity contribution in [2.24, 2.45) is 0 Å². The second-order valence-electron chi connectivity index (χ2n) is 3.48. The van der Waals surface area contributed by atoms with Gasteiger partial charge in [0.25, 0.3) is 11.2 Å². The molecule has 0 aromatic carbocycles. The van der Waals surface area contributed by atoms with Gasteiger partial charge in [0.1, 0.15) is 0 Å². The Morgan fingerprint density at radius 2 is 2.24 bits per heavy atom. The number of halogens is 2. The predicted molar refractivity (Wildman–Crippen MR) is 69.6 cm³/mol. The average molecular weight is 370 g/mol. The Balaban J connectivity index is 3.32. The fourth-order valence-electron chi connectivity index (χ4n) is 1.30. The number of nitro groups is 1. The van der Waals surface area contributed by atoms with Gasteiger partial charge in [-0.25, -0.2) is 0 Å². The quantitative estimate of drug-likeness (QED) is 0.496. The van der Waals surface area contributed by atoms with E-state index in [-0.39, 0.29) is 22.3 Å². The normalized spacial score (nSPS) is 12.5. The van der Waals surface area contributed by atoms with Crippen molar-refractivity contribution in [3.8, 4) is 0 Å². The number of hydrogen-bond donors (Lipinski definition) is 1. The SMILES string of the molecule is Cc1c([N+](=O)[O-])cn(CC(O)CBr)c(=O)c1Br. The number of pyridine rings is 1. The molecule has 0 aliphatic rings. The van der Waals surface area contributed by atoms with E-state index in [1.165, 1.54) is 6.92 Å². The number of aliphatic hydroxyl groups is 1. The third-order valence-corrected chi connectivity index (χ3v) is 3.90. The number of aliphatic hydroxyl groups excluding tert-OH is 1. The van der Waals surface area contributed by atoms with Gasteiger partial charge in [0, 0.05) is 10.9 Å². The van der Waals surface area contributed by atoms with Crippen molar-refractivity contribution in [2.75, 3.05) is 5.33 Å². The van der Waals surface area contributed by atoms with Gasteiger partial charge >= 0.3 is 0 Å². The van der Waals surface area contributed by atoms with Gasteiger partial charge in [0.2, 0.25) is 0 Å². The fourth-order valence-corrected chi connectivity index (χ4v) is 1.93. The zero-order chi connectivity index (χ0) is 13.2. The summed E-state index contributed by atoms with van der Waals surface area (Å²) in [5.41, 5.74) is -0.268. The van der Waals surface area contributed by atoms with Gasteiger partial charge in [-0.15, -0.1) is 0 Å². The summed E-state index contributed by atoms with van der Waals surface area (Å²) in [5.74, 6) is 0. The first kappa shape index (κ1) is 14.3. The molecule has 0 saturated heterocycles. The smallest absolute Gasteiger partial charge is 0.289 e. The van der Waals surface area contributed by atoms with Crippen LogP contribution in [-0.4, -0.2) is 26.0 Å². The Hall–Kier alpha value is -0.730. The second-order valence-corrected chi connectivity index (χ2v) is 4.92. The highest BCUT2D eigenvalue weighted by atomic mass is 79.9. The van der Waals surface area contributed by atoms with Gasteiger partial charge in [0.05, 0.1) is 28.2 Å². The van der Waals surface area contributed by atoms with Gasteiger partial charge in [0.15, 0.2) is 0 Å². The Bertz CT molecular complexity index is 501. The summed E-state index contributed by atoms with van der Waals surface area (Å²) in [5, 5.41) is 20.5. The Labute approximate surface area is 114 Å². The number of rotatable bonds is 4. The van der Waals surface area contributed by atoms with Crippen LogP contribution in [-0.2, 0) is 6.54 Å². The van der Waals surface area contributed by atoms with Crippen molar-refractivity contribution in [1.82, 2.24) is 4.57 Å². The number of alkyl halides is 1. The highest BCUT2D eigenvalue weighted by Gasteiger charge is 2.19. The summed E-state index contributed by atoms with van der Waals surface area (Å²) in [6.07, 6.45) is 0.371. The van der Waals surface area contributed by atoms with Crippen LogP contribution in [0.25, 0.3) is 0 Å². The highest BCUT2D eigenvalue weighted by Crippen LogP contribution is 2.22. The molecule has 6 nitrogen and oxygen atoms in total. The molecule has 94 valence electrons. The molecule has 0 amide bonds. The van der Waals surface area contributed by atoms with Crippen molar-refractivity contribution < 1.29 is 10.0 Å². The van der Waals surface area contributed by atoms with Crippen LogP contribution < -0.4 is 5.56 Å².